The number of carbonyl (C=O) groups is 1. The number of hydrazine groups is 1. The van der Waals surface area contributed by atoms with Gasteiger partial charge in [-0.15, -0.1) is 0 Å². The van der Waals surface area contributed by atoms with Crippen LogP contribution in [0.5, 0.6) is 5.75 Å². The van der Waals surface area contributed by atoms with E-state index in [1.807, 2.05) is 0 Å². The summed E-state index contributed by atoms with van der Waals surface area (Å²) in [7, 11) is 1.44. The zero-order valence-corrected chi connectivity index (χ0v) is 16.9. The number of rotatable bonds is 7. The summed E-state index contributed by atoms with van der Waals surface area (Å²) in [4.78, 5) is 31.1. The van der Waals surface area contributed by atoms with E-state index in [4.69, 9.17) is 27.9 Å². The summed E-state index contributed by atoms with van der Waals surface area (Å²) in [5.41, 5.74) is 4.81. The molecule has 0 spiro atoms. The lowest BCUT2D eigenvalue weighted by Gasteiger charge is -2.13. The van der Waals surface area contributed by atoms with Crippen molar-refractivity contribution in [2.24, 2.45) is 0 Å². The van der Waals surface area contributed by atoms with E-state index in [9.17, 15) is 14.9 Å². The predicted octanol–water partition coefficient (Wildman–Crippen LogP) is 4.20. The van der Waals surface area contributed by atoms with E-state index in [0.29, 0.717) is 16.5 Å². The Morgan fingerprint density at radius 1 is 1.13 bits per heavy atom. The number of carbonyl (C=O) groups excluding carboxylic acids is 1. The average molecular weight is 449 g/mol. The number of methoxy groups -OCH3 is 1. The molecule has 0 aliphatic heterocycles. The normalized spacial score (nSPS) is 10.2. The fourth-order valence-electron chi connectivity index (χ4n) is 2.47. The van der Waals surface area contributed by atoms with Crippen LogP contribution < -0.4 is 20.9 Å². The van der Waals surface area contributed by atoms with E-state index >= 15 is 0 Å². The van der Waals surface area contributed by atoms with Gasteiger partial charge < -0.3 is 10.1 Å². The monoisotopic (exact) mass is 448 g/mol. The number of ether oxygens (including phenoxy) is 1. The molecule has 1 heterocycles. The quantitative estimate of drug-likeness (QED) is 0.361. The molecule has 0 saturated carbocycles. The lowest BCUT2D eigenvalue weighted by molar-refractivity contribution is -0.383. The predicted molar refractivity (Wildman–Crippen MR) is 113 cm³/mol. The minimum atomic E-state index is -0.691. The summed E-state index contributed by atoms with van der Waals surface area (Å²) >= 11 is 12.0. The van der Waals surface area contributed by atoms with Crippen molar-refractivity contribution in [3.8, 4) is 5.75 Å². The van der Waals surface area contributed by atoms with Crippen molar-refractivity contribution in [3.05, 3.63) is 74.5 Å². The van der Waals surface area contributed by atoms with Gasteiger partial charge >= 0.3 is 5.69 Å². The van der Waals surface area contributed by atoms with E-state index in [0.717, 1.165) is 6.33 Å². The number of hydrogen-bond acceptors (Lipinski definition) is 8. The fourth-order valence-corrected chi connectivity index (χ4v) is 2.86. The third kappa shape index (κ3) is 4.67. The second-order valence-corrected chi connectivity index (χ2v) is 6.55. The molecule has 12 heteroatoms. The summed E-state index contributed by atoms with van der Waals surface area (Å²) in [6.07, 6.45) is 1.09. The minimum Gasteiger partial charge on any atom is -0.495 e. The molecule has 3 N–H and O–H groups in total. The number of anilines is 3. The van der Waals surface area contributed by atoms with Crippen LogP contribution >= 0.6 is 23.2 Å². The number of hydrogen-bond donors (Lipinski definition) is 3. The molecule has 0 atom stereocenters. The second-order valence-electron chi connectivity index (χ2n) is 5.71. The molecule has 2 aromatic carbocycles. The molecule has 1 aromatic heterocycles. The van der Waals surface area contributed by atoms with E-state index in [1.54, 1.807) is 30.3 Å². The van der Waals surface area contributed by atoms with Crippen LogP contribution in [0.1, 0.15) is 10.4 Å². The van der Waals surface area contributed by atoms with Crippen molar-refractivity contribution in [1.29, 1.82) is 0 Å². The summed E-state index contributed by atoms with van der Waals surface area (Å²) in [6.45, 7) is 0. The van der Waals surface area contributed by atoms with Gasteiger partial charge in [-0.1, -0.05) is 35.3 Å². The molecule has 0 aliphatic carbocycles. The smallest absolute Gasteiger partial charge is 0.355 e. The van der Waals surface area contributed by atoms with Gasteiger partial charge in [-0.05, 0) is 30.3 Å². The van der Waals surface area contributed by atoms with E-state index in [1.165, 1.54) is 19.2 Å². The van der Waals surface area contributed by atoms with Gasteiger partial charge in [0.1, 0.15) is 12.1 Å². The largest absolute Gasteiger partial charge is 0.495 e. The first-order valence-corrected chi connectivity index (χ1v) is 9.07. The number of benzene rings is 2. The maximum Gasteiger partial charge on any atom is 0.355 e. The molecular formula is C18H14Cl2N6O4. The topological polar surface area (TPSA) is 131 Å². The van der Waals surface area contributed by atoms with Crippen molar-refractivity contribution >= 4 is 52.1 Å². The number of halogens is 2. The van der Waals surface area contributed by atoms with Crippen LogP contribution in [-0.4, -0.2) is 27.9 Å². The second kappa shape index (κ2) is 9.25. The van der Waals surface area contributed by atoms with Crippen molar-refractivity contribution in [1.82, 2.24) is 15.4 Å². The van der Waals surface area contributed by atoms with Crippen LogP contribution in [0.3, 0.4) is 0 Å². The molecule has 0 fully saturated rings. The Bertz CT molecular complexity index is 1110. The first-order valence-electron chi connectivity index (χ1n) is 8.31. The van der Waals surface area contributed by atoms with Crippen LogP contribution in [0.2, 0.25) is 10.0 Å². The van der Waals surface area contributed by atoms with Gasteiger partial charge in [-0.2, -0.15) is 0 Å². The Morgan fingerprint density at radius 2 is 1.87 bits per heavy atom. The van der Waals surface area contributed by atoms with Crippen LogP contribution in [-0.2, 0) is 0 Å². The third-order valence-corrected chi connectivity index (χ3v) is 4.40. The van der Waals surface area contributed by atoms with Gasteiger partial charge in [-0.25, -0.2) is 9.97 Å². The number of amides is 1. The highest BCUT2D eigenvalue weighted by Crippen LogP contribution is 2.35. The van der Waals surface area contributed by atoms with Crippen molar-refractivity contribution < 1.29 is 14.5 Å². The SMILES string of the molecule is COc1ccc(Cl)cc1Nc1ncnc(NNC(=O)c2ccccc2Cl)c1[N+](=O)[O-]. The number of nitro groups is 1. The molecule has 154 valence electrons. The van der Waals surface area contributed by atoms with Gasteiger partial charge in [0.2, 0.25) is 11.6 Å². The molecule has 10 nitrogen and oxygen atoms in total. The fraction of sp³-hybridized carbons (Fsp3) is 0.0556. The summed E-state index contributed by atoms with van der Waals surface area (Å²) in [5.74, 6) is -0.572. The Balaban J connectivity index is 1.88. The molecule has 0 aliphatic rings. The van der Waals surface area contributed by atoms with E-state index in [2.05, 4.69) is 26.1 Å². The number of aromatic nitrogens is 2. The molecule has 0 radical (unpaired) electrons. The first kappa shape index (κ1) is 21.1. The van der Waals surface area contributed by atoms with Gasteiger partial charge in [0.25, 0.3) is 5.91 Å². The van der Waals surface area contributed by atoms with Crippen LogP contribution in [0, 0.1) is 10.1 Å². The van der Waals surface area contributed by atoms with Crippen molar-refractivity contribution in [2.45, 2.75) is 0 Å². The molecule has 0 unspecified atom stereocenters. The molecule has 3 aromatic rings. The average Bonchev–Trinajstić information content (AvgIpc) is 2.72. The minimum absolute atomic E-state index is 0.134. The van der Waals surface area contributed by atoms with E-state index < -0.39 is 16.5 Å². The summed E-state index contributed by atoms with van der Waals surface area (Å²) < 4.78 is 5.22. The molecule has 0 saturated heterocycles. The molecule has 3 rings (SSSR count). The van der Waals surface area contributed by atoms with Crippen LogP contribution in [0.25, 0.3) is 0 Å². The lowest BCUT2D eigenvalue weighted by atomic mass is 10.2. The summed E-state index contributed by atoms with van der Waals surface area (Å²) in [6, 6.07) is 11.1. The van der Waals surface area contributed by atoms with Crippen LogP contribution in [0.4, 0.5) is 23.0 Å². The maximum absolute atomic E-state index is 12.3. The zero-order valence-electron chi connectivity index (χ0n) is 15.3. The number of nitrogens with zero attached hydrogens (tertiary/aromatic N) is 3. The highest BCUT2D eigenvalue weighted by molar-refractivity contribution is 6.33. The first-order chi connectivity index (χ1) is 14.4. The molecule has 1 amide bonds. The highest BCUT2D eigenvalue weighted by atomic mass is 35.5. The molecule has 0 bridgehead atoms. The van der Waals surface area contributed by atoms with Gasteiger partial charge in [0.05, 0.1) is 28.3 Å². The van der Waals surface area contributed by atoms with Crippen LogP contribution in [0.15, 0.2) is 48.8 Å². The Labute approximate surface area is 180 Å². The third-order valence-electron chi connectivity index (χ3n) is 3.83. The standard InChI is InChI=1S/C18H14Cl2N6O4/c1-30-14-7-6-10(19)8-13(14)23-16-15(26(28)29)17(22-9-21-16)24-25-18(27)11-4-2-3-5-12(11)20/h2-9H,1H3,(H,25,27)(H2,21,22,23,24). The Hall–Kier alpha value is -3.63. The van der Waals surface area contributed by atoms with E-state index in [-0.39, 0.29) is 22.2 Å². The van der Waals surface area contributed by atoms with Crippen molar-refractivity contribution in [2.75, 3.05) is 17.9 Å². The zero-order chi connectivity index (χ0) is 21.7. The van der Waals surface area contributed by atoms with Gasteiger partial charge in [0, 0.05) is 5.02 Å². The van der Waals surface area contributed by atoms with Gasteiger partial charge in [-0.3, -0.25) is 25.8 Å². The highest BCUT2D eigenvalue weighted by Gasteiger charge is 2.24. The van der Waals surface area contributed by atoms with Gasteiger partial charge in [0.15, 0.2) is 0 Å². The Kier molecular flexibility index (Phi) is 6.50. The number of nitrogens with one attached hydrogen (secondary N) is 3. The lowest BCUT2D eigenvalue weighted by Crippen LogP contribution is -2.30. The maximum atomic E-state index is 12.3. The summed E-state index contributed by atoms with van der Waals surface area (Å²) in [5, 5.41) is 15.1. The Morgan fingerprint density at radius 3 is 2.57 bits per heavy atom. The molecular weight excluding hydrogens is 435 g/mol. The van der Waals surface area contributed by atoms with Crippen molar-refractivity contribution in [3.63, 3.8) is 0 Å². The molecule has 30 heavy (non-hydrogen) atoms.